The molecule has 0 radical (unpaired) electrons. The summed E-state index contributed by atoms with van der Waals surface area (Å²) < 4.78 is 0. The first-order valence-corrected chi connectivity index (χ1v) is 16.1. The highest BCUT2D eigenvalue weighted by Gasteiger charge is 2.25. The Labute approximate surface area is 270 Å². The Hall–Kier alpha value is -3.95. The standard InChI is InChI=1S/C35H43ClN6O3/c1-35(2,3)26-9-5-23(6-10-26)32(43)40-29-21-24(33(44)39-28-13-11-27(37)12-14-28)7-15-30(29)41-17-4-18-42(20-19-41)34(45)25-8-16-31(36)38-22-25/h5-10,15-16,21-22,27-28H,4,11-14,17-20,37H2,1-3H3,(H,39,44)(H,40,43). The molecular weight excluding hydrogens is 588 g/mol. The van der Waals surface area contributed by atoms with Crippen LogP contribution in [-0.2, 0) is 5.41 Å². The van der Waals surface area contributed by atoms with E-state index in [2.05, 4.69) is 41.3 Å². The Morgan fingerprint density at radius 1 is 0.844 bits per heavy atom. The van der Waals surface area contributed by atoms with Gasteiger partial charge in [0.2, 0.25) is 0 Å². The molecule has 1 aliphatic carbocycles. The number of benzene rings is 2. The van der Waals surface area contributed by atoms with Gasteiger partial charge in [0.1, 0.15) is 5.15 Å². The number of carbonyl (C=O) groups is 3. The zero-order chi connectivity index (χ0) is 32.1. The summed E-state index contributed by atoms with van der Waals surface area (Å²) >= 11 is 5.91. The molecule has 2 aliphatic rings. The molecule has 45 heavy (non-hydrogen) atoms. The summed E-state index contributed by atoms with van der Waals surface area (Å²) in [5, 5.41) is 6.59. The molecule has 3 amide bonds. The van der Waals surface area contributed by atoms with Gasteiger partial charge < -0.3 is 26.2 Å². The monoisotopic (exact) mass is 630 g/mol. The third kappa shape index (κ3) is 8.21. The van der Waals surface area contributed by atoms with Gasteiger partial charge in [-0.05, 0) is 85.5 Å². The summed E-state index contributed by atoms with van der Waals surface area (Å²) in [7, 11) is 0. The zero-order valence-corrected chi connectivity index (χ0v) is 27.1. The second-order valence-electron chi connectivity index (χ2n) is 13.1. The molecule has 2 fully saturated rings. The number of nitrogens with two attached hydrogens (primary N) is 1. The Balaban J connectivity index is 1.37. The number of anilines is 2. The van der Waals surface area contributed by atoms with E-state index in [1.54, 1.807) is 24.3 Å². The van der Waals surface area contributed by atoms with Crippen LogP contribution in [0.15, 0.2) is 60.8 Å². The van der Waals surface area contributed by atoms with Crippen molar-refractivity contribution in [3.63, 3.8) is 0 Å². The highest BCUT2D eigenvalue weighted by Crippen LogP contribution is 2.30. The molecule has 238 valence electrons. The lowest BCUT2D eigenvalue weighted by Crippen LogP contribution is -2.40. The molecule has 10 heteroatoms. The van der Waals surface area contributed by atoms with E-state index in [1.165, 1.54) is 6.20 Å². The summed E-state index contributed by atoms with van der Waals surface area (Å²) in [6, 6.07) is 16.7. The van der Waals surface area contributed by atoms with E-state index in [-0.39, 0.29) is 35.2 Å². The van der Waals surface area contributed by atoms with E-state index < -0.39 is 0 Å². The summed E-state index contributed by atoms with van der Waals surface area (Å²) in [5.74, 6) is -0.516. The van der Waals surface area contributed by atoms with E-state index in [0.717, 1.165) is 43.4 Å². The van der Waals surface area contributed by atoms with E-state index in [4.69, 9.17) is 17.3 Å². The average molecular weight is 631 g/mol. The topological polar surface area (TPSA) is 121 Å². The summed E-state index contributed by atoms with van der Waals surface area (Å²) in [6.45, 7) is 8.72. The van der Waals surface area contributed by atoms with Gasteiger partial charge in [0.05, 0.1) is 16.9 Å². The van der Waals surface area contributed by atoms with Crippen LogP contribution in [-0.4, -0.2) is 65.9 Å². The van der Waals surface area contributed by atoms with Gasteiger partial charge in [0.15, 0.2) is 0 Å². The van der Waals surface area contributed by atoms with Gasteiger partial charge in [-0.15, -0.1) is 0 Å². The van der Waals surface area contributed by atoms with Crippen LogP contribution in [0.3, 0.4) is 0 Å². The maximum atomic E-state index is 13.5. The molecule has 9 nitrogen and oxygen atoms in total. The predicted octanol–water partition coefficient (Wildman–Crippen LogP) is 5.64. The quantitative estimate of drug-likeness (QED) is 0.303. The van der Waals surface area contributed by atoms with Gasteiger partial charge in [-0.3, -0.25) is 14.4 Å². The zero-order valence-electron chi connectivity index (χ0n) is 26.3. The van der Waals surface area contributed by atoms with Crippen molar-refractivity contribution >= 4 is 40.7 Å². The third-order valence-electron chi connectivity index (χ3n) is 8.73. The van der Waals surface area contributed by atoms with Crippen LogP contribution in [0.2, 0.25) is 5.15 Å². The molecule has 1 aliphatic heterocycles. The van der Waals surface area contributed by atoms with Crippen LogP contribution < -0.4 is 21.3 Å². The number of halogens is 1. The van der Waals surface area contributed by atoms with Crippen LogP contribution in [0.1, 0.15) is 89.5 Å². The van der Waals surface area contributed by atoms with Gasteiger partial charge in [-0.2, -0.15) is 0 Å². The fourth-order valence-corrected chi connectivity index (χ4v) is 6.06. The molecule has 0 unspecified atom stereocenters. The Morgan fingerprint density at radius 3 is 2.20 bits per heavy atom. The number of nitrogens with one attached hydrogen (secondary N) is 2. The van der Waals surface area contributed by atoms with Crippen LogP contribution in [0.5, 0.6) is 0 Å². The van der Waals surface area contributed by atoms with Crippen molar-refractivity contribution < 1.29 is 14.4 Å². The number of amides is 3. The first-order chi connectivity index (χ1) is 21.5. The van der Waals surface area contributed by atoms with Gasteiger partial charge in [-0.25, -0.2) is 4.98 Å². The number of hydrogen-bond donors (Lipinski definition) is 3. The largest absolute Gasteiger partial charge is 0.368 e. The molecule has 0 spiro atoms. The molecular formula is C35H43ClN6O3. The smallest absolute Gasteiger partial charge is 0.255 e. The summed E-state index contributed by atoms with van der Waals surface area (Å²) in [4.78, 5) is 48.1. The van der Waals surface area contributed by atoms with E-state index in [9.17, 15) is 14.4 Å². The van der Waals surface area contributed by atoms with Gasteiger partial charge in [-0.1, -0.05) is 44.5 Å². The number of aromatic nitrogens is 1. The molecule has 2 heterocycles. The van der Waals surface area contributed by atoms with Crippen LogP contribution in [0, 0.1) is 0 Å². The van der Waals surface area contributed by atoms with Gasteiger partial charge >= 0.3 is 0 Å². The van der Waals surface area contributed by atoms with E-state index in [0.29, 0.717) is 53.7 Å². The maximum absolute atomic E-state index is 13.5. The second kappa shape index (κ2) is 14.0. The first-order valence-electron chi connectivity index (χ1n) is 15.8. The molecule has 0 atom stereocenters. The Morgan fingerprint density at radius 2 is 1.53 bits per heavy atom. The number of hydrogen-bond acceptors (Lipinski definition) is 6. The minimum atomic E-state index is -0.252. The van der Waals surface area contributed by atoms with Crippen molar-refractivity contribution in [2.24, 2.45) is 5.73 Å². The predicted molar refractivity (Wildman–Crippen MR) is 179 cm³/mol. The molecule has 2 aromatic carbocycles. The molecule has 1 saturated carbocycles. The highest BCUT2D eigenvalue weighted by atomic mass is 35.5. The van der Waals surface area contributed by atoms with Crippen LogP contribution in [0.25, 0.3) is 0 Å². The van der Waals surface area contributed by atoms with Crippen molar-refractivity contribution in [1.29, 1.82) is 0 Å². The lowest BCUT2D eigenvalue weighted by molar-refractivity contribution is 0.0766. The number of nitrogens with zero attached hydrogens (tertiary/aromatic N) is 3. The van der Waals surface area contributed by atoms with Crippen molar-refractivity contribution in [2.45, 2.75) is 70.4 Å². The first kappa shape index (κ1) is 32.4. The lowest BCUT2D eigenvalue weighted by Gasteiger charge is -2.28. The van der Waals surface area contributed by atoms with Crippen LogP contribution >= 0.6 is 11.6 Å². The normalized spacial score (nSPS) is 19.0. The molecule has 3 aromatic rings. The van der Waals surface area contributed by atoms with Crippen molar-refractivity contribution in [2.75, 3.05) is 36.4 Å². The summed E-state index contributed by atoms with van der Waals surface area (Å²) in [5.41, 5.74) is 10.0. The average Bonchev–Trinajstić information content (AvgIpc) is 3.28. The molecule has 5 rings (SSSR count). The minimum absolute atomic E-state index is 0.0284. The van der Waals surface area contributed by atoms with E-state index >= 15 is 0 Å². The minimum Gasteiger partial charge on any atom is -0.368 e. The fraction of sp³-hybridized carbons (Fsp3) is 0.429. The molecule has 0 bridgehead atoms. The number of rotatable bonds is 6. The third-order valence-corrected chi connectivity index (χ3v) is 8.95. The van der Waals surface area contributed by atoms with Crippen molar-refractivity contribution in [1.82, 2.24) is 15.2 Å². The fourth-order valence-electron chi connectivity index (χ4n) is 5.95. The SMILES string of the molecule is CC(C)(C)c1ccc(C(=O)Nc2cc(C(=O)NC3CCC(N)CC3)ccc2N2CCCN(C(=O)c3ccc(Cl)nc3)CC2)cc1. The highest BCUT2D eigenvalue weighted by molar-refractivity contribution is 6.29. The number of pyridine rings is 1. The molecule has 1 aromatic heterocycles. The summed E-state index contributed by atoms with van der Waals surface area (Å²) in [6.07, 6.45) is 5.73. The Kier molecular flexibility index (Phi) is 10.1. The van der Waals surface area contributed by atoms with Crippen molar-refractivity contribution in [3.05, 3.63) is 88.2 Å². The van der Waals surface area contributed by atoms with E-state index in [1.807, 2.05) is 35.2 Å². The molecule has 4 N–H and O–H groups in total. The lowest BCUT2D eigenvalue weighted by atomic mass is 9.86. The molecule has 1 saturated heterocycles. The van der Waals surface area contributed by atoms with Gasteiger partial charge in [0.25, 0.3) is 17.7 Å². The second-order valence-corrected chi connectivity index (χ2v) is 13.5. The maximum Gasteiger partial charge on any atom is 0.255 e. The van der Waals surface area contributed by atoms with Crippen LogP contribution in [0.4, 0.5) is 11.4 Å². The van der Waals surface area contributed by atoms with Crippen molar-refractivity contribution in [3.8, 4) is 0 Å². The number of carbonyl (C=O) groups excluding carboxylic acids is 3. The van der Waals surface area contributed by atoms with Gasteiger partial charge in [0, 0.05) is 55.6 Å². The Bertz CT molecular complexity index is 1510.